The molecule has 82 valence electrons. The Bertz CT molecular complexity index is 587. The van der Waals surface area contributed by atoms with E-state index in [9.17, 15) is 0 Å². The monoisotopic (exact) mass is 231 g/mol. The normalized spacial score (nSPS) is 10.4. The topological polar surface area (TPSA) is 41.6 Å². The second kappa shape index (κ2) is 4.14. The van der Waals surface area contributed by atoms with Gasteiger partial charge in [0.15, 0.2) is 0 Å². The molecule has 2 aromatic heterocycles. The summed E-state index contributed by atoms with van der Waals surface area (Å²) in [4.78, 5) is 11.8. The highest BCUT2D eigenvalue weighted by atomic mass is 32.1. The lowest BCUT2D eigenvalue weighted by Gasteiger charge is -2.07. The van der Waals surface area contributed by atoms with Crippen LogP contribution in [0.5, 0.6) is 0 Å². The highest BCUT2D eigenvalue weighted by Crippen LogP contribution is 2.21. The van der Waals surface area contributed by atoms with Crippen LogP contribution < -0.4 is 0 Å². The second-order valence-corrected chi connectivity index (χ2v) is 4.22. The molecule has 3 nitrogen and oxygen atoms in total. The Hall–Kier alpha value is -1.55. The Kier molecular flexibility index (Phi) is 2.83. The molecular formula is C12H13N3S. The quantitative estimate of drug-likeness (QED) is 0.767. The SMILES string of the molecule is Cc1ccncc1-c1nc(C)c(C)[nH]c1=S. The van der Waals surface area contributed by atoms with Crippen molar-refractivity contribution < 1.29 is 0 Å². The van der Waals surface area contributed by atoms with E-state index in [1.165, 1.54) is 0 Å². The zero-order chi connectivity index (χ0) is 11.7. The van der Waals surface area contributed by atoms with E-state index < -0.39 is 0 Å². The van der Waals surface area contributed by atoms with Crippen LogP contribution in [0.1, 0.15) is 17.0 Å². The molecule has 0 aromatic carbocycles. The Morgan fingerprint density at radius 2 is 2.00 bits per heavy atom. The number of nitrogens with one attached hydrogen (secondary N) is 1. The molecule has 0 amide bonds. The smallest absolute Gasteiger partial charge is 0.130 e. The van der Waals surface area contributed by atoms with E-state index >= 15 is 0 Å². The summed E-state index contributed by atoms with van der Waals surface area (Å²) in [6, 6.07) is 1.96. The molecule has 0 radical (unpaired) electrons. The van der Waals surface area contributed by atoms with Crippen molar-refractivity contribution in [1.82, 2.24) is 15.0 Å². The lowest BCUT2D eigenvalue weighted by atomic mass is 10.1. The maximum Gasteiger partial charge on any atom is 0.130 e. The molecule has 0 unspecified atom stereocenters. The third-order valence-corrected chi connectivity index (χ3v) is 2.93. The molecule has 0 aliphatic heterocycles. The maximum atomic E-state index is 5.29. The van der Waals surface area contributed by atoms with Gasteiger partial charge < -0.3 is 4.98 Å². The van der Waals surface area contributed by atoms with E-state index in [-0.39, 0.29) is 0 Å². The van der Waals surface area contributed by atoms with E-state index in [1.54, 1.807) is 12.4 Å². The number of aromatic nitrogens is 3. The fraction of sp³-hybridized carbons (Fsp3) is 0.250. The van der Waals surface area contributed by atoms with Crippen molar-refractivity contribution in [3.8, 4) is 11.3 Å². The molecule has 2 heterocycles. The fourth-order valence-corrected chi connectivity index (χ4v) is 1.83. The van der Waals surface area contributed by atoms with Gasteiger partial charge in [0.25, 0.3) is 0 Å². The van der Waals surface area contributed by atoms with Crippen LogP contribution in [0.25, 0.3) is 11.3 Å². The Morgan fingerprint density at radius 3 is 2.69 bits per heavy atom. The first-order valence-corrected chi connectivity index (χ1v) is 5.49. The third-order valence-electron chi connectivity index (χ3n) is 2.63. The molecule has 16 heavy (non-hydrogen) atoms. The number of aromatic amines is 1. The summed E-state index contributed by atoms with van der Waals surface area (Å²) in [6.45, 7) is 5.97. The molecule has 0 fully saturated rings. The van der Waals surface area contributed by atoms with E-state index in [1.807, 2.05) is 26.8 Å². The number of pyridine rings is 1. The number of H-pyrrole nitrogens is 1. The highest BCUT2D eigenvalue weighted by molar-refractivity contribution is 7.71. The zero-order valence-electron chi connectivity index (χ0n) is 9.53. The number of hydrogen-bond acceptors (Lipinski definition) is 3. The van der Waals surface area contributed by atoms with Crippen molar-refractivity contribution in [3.63, 3.8) is 0 Å². The third kappa shape index (κ3) is 1.88. The summed E-state index contributed by atoms with van der Waals surface area (Å²) < 4.78 is 0.666. The predicted octanol–water partition coefficient (Wildman–Crippen LogP) is 3.13. The number of nitrogens with zero attached hydrogens (tertiary/aromatic N) is 2. The average Bonchev–Trinajstić information content (AvgIpc) is 2.25. The molecule has 0 saturated carbocycles. The molecule has 0 atom stereocenters. The summed E-state index contributed by atoms with van der Waals surface area (Å²) in [5.41, 5.74) is 4.91. The molecular weight excluding hydrogens is 218 g/mol. The molecule has 0 bridgehead atoms. The highest BCUT2D eigenvalue weighted by Gasteiger charge is 2.07. The lowest BCUT2D eigenvalue weighted by molar-refractivity contribution is 1.04. The second-order valence-electron chi connectivity index (χ2n) is 3.82. The summed E-state index contributed by atoms with van der Waals surface area (Å²) >= 11 is 5.29. The molecule has 0 saturated heterocycles. The van der Waals surface area contributed by atoms with Gasteiger partial charge in [-0.3, -0.25) is 4.98 Å². The van der Waals surface area contributed by atoms with Crippen molar-refractivity contribution >= 4 is 12.2 Å². The first-order chi connectivity index (χ1) is 7.59. The summed E-state index contributed by atoms with van der Waals surface area (Å²) in [7, 11) is 0. The number of rotatable bonds is 1. The van der Waals surface area contributed by atoms with E-state index in [0.717, 1.165) is 28.2 Å². The van der Waals surface area contributed by atoms with Gasteiger partial charge in [0.2, 0.25) is 0 Å². The molecule has 2 aromatic rings. The van der Waals surface area contributed by atoms with Gasteiger partial charge in [0, 0.05) is 23.7 Å². The minimum Gasteiger partial charge on any atom is -0.347 e. The molecule has 0 aliphatic carbocycles. The Labute approximate surface area is 99.6 Å². The minimum atomic E-state index is 0.666. The standard InChI is InChI=1S/C12H13N3S/c1-7-4-5-13-6-10(7)11-12(16)15-9(3)8(2)14-11/h4-6H,1-3H3,(H,15,16). The van der Waals surface area contributed by atoms with Crippen molar-refractivity contribution in [1.29, 1.82) is 0 Å². The number of hydrogen-bond donors (Lipinski definition) is 1. The van der Waals surface area contributed by atoms with Gasteiger partial charge in [0.05, 0.1) is 5.69 Å². The largest absolute Gasteiger partial charge is 0.347 e. The van der Waals surface area contributed by atoms with Crippen molar-refractivity contribution in [3.05, 3.63) is 40.1 Å². The lowest BCUT2D eigenvalue weighted by Crippen LogP contribution is -1.97. The average molecular weight is 231 g/mol. The summed E-state index contributed by atoms with van der Waals surface area (Å²) in [6.07, 6.45) is 3.57. The van der Waals surface area contributed by atoms with E-state index in [0.29, 0.717) is 4.64 Å². The predicted molar refractivity (Wildman–Crippen MR) is 66.9 cm³/mol. The first kappa shape index (κ1) is 11.0. The zero-order valence-corrected chi connectivity index (χ0v) is 10.4. The van der Waals surface area contributed by atoms with Crippen LogP contribution in [-0.4, -0.2) is 15.0 Å². The Balaban J connectivity index is 2.70. The number of aryl methyl sites for hydroxylation is 3. The first-order valence-electron chi connectivity index (χ1n) is 5.08. The maximum absolute atomic E-state index is 5.29. The Morgan fingerprint density at radius 1 is 1.25 bits per heavy atom. The van der Waals surface area contributed by atoms with Crippen LogP contribution in [0.2, 0.25) is 0 Å². The van der Waals surface area contributed by atoms with Gasteiger partial charge in [-0.25, -0.2) is 4.98 Å². The van der Waals surface area contributed by atoms with Crippen LogP contribution in [0, 0.1) is 25.4 Å². The van der Waals surface area contributed by atoms with Crippen LogP contribution in [-0.2, 0) is 0 Å². The molecule has 2 rings (SSSR count). The molecule has 4 heteroatoms. The van der Waals surface area contributed by atoms with E-state index in [2.05, 4.69) is 15.0 Å². The van der Waals surface area contributed by atoms with Crippen LogP contribution in [0.3, 0.4) is 0 Å². The van der Waals surface area contributed by atoms with E-state index in [4.69, 9.17) is 12.2 Å². The van der Waals surface area contributed by atoms with Gasteiger partial charge in [-0.15, -0.1) is 0 Å². The fourth-order valence-electron chi connectivity index (χ4n) is 1.52. The van der Waals surface area contributed by atoms with Crippen LogP contribution >= 0.6 is 12.2 Å². The molecule has 0 spiro atoms. The summed E-state index contributed by atoms with van der Waals surface area (Å²) in [5, 5.41) is 0. The summed E-state index contributed by atoms with van der Waals surface area (Å²) in [5.74, 6) is 0. The van der Waals surface area contributed by atoms with Gasteiger partial charge in [-0.05, 0) is 32.4 Å². The minimum absolute atomic E-state index is 0.666. The molecule has 1 N–H and O–H groups in total. The molecule has 0 aliphatic rings. The van der Waals surface area contributed by atoms with Crippen LogP contribution in [0.15, 0.2) is 18.5 Å². The van der Waals surface area contributed by atoms with Crippen molar-refractivity contribution in [2.24, 2.45) is 0 Å². The van der Waals surface area contributed by atoms with Crippen molar-refractivity contribution in [2.45, 2.75) is 20.8 Å². The van der Waals surface area contributed by atoms with Gasteiger partial charge in [-0.1, -0.05) is 12.2 Å². The van der Waals surface area contributed by atoms with Gasteiger partial charge >= 0.3 is 0 Å². The van der Waals surface area contributed by atoms with Gasteiger partial charge in [-0.2, -0.15) is 0 Å². The van der Waals surface area contributed by atoms with Crippen LogP contribution in [0.4, 0.5) is 0 Å². The van der Waals surface area contributed by atoms with Crippen molar-refractivity contribution in [2.75, 3.05) is 0 Å². The van der Waals surface area contributed by atoms with Gasteiger partial charge in [0.1, 0.15) is 10.3 Å².